The van der Waals surface area contributed by atoms with Crippen molar-refractivity contribution in [3.63, 3.8) is 0 Å². The summed E-state index contributed by atoms with van der Waals surface area (Å²) in [7, 11) is 0. The fourth-order valence-electron chi connectivity index (χ4n) is 3.15. The van der Waals surface area contributed by atoms with Crippen molar-refractivity contribution in [3.8, 4) is 0 Å². The van der Waals surface area contributed by atoms with Crippen LogP contribution in [0.2, 0.25) is 0 Å². The van der Waals surface area contributed by atoms with E-state index in [0.717, 1.165) is 18.9 Å². The van der Waals surface area contributed by atoms with Gasteiger partial charge in [0, 0.05) is 12.1 Å². The molecule has 0 aliphatic carbocycles. The van der Waals surface area contributed by atoms with Crippen LogP contribution in [0.25, 0.3) is 0 Å². The molecule has 0 radical (unpaired) electrons. The topological polar surface area (TPSA) is 54.2 Å². The van der Waals surface area contributed by atoms with Gasteiger partial charge in [-0.15, -0.1) is 0 Å². The minimum absolute atomic E-state index is 0.657. The summed E-state index contributed by atoms with van der Waals surface area (Å²) in [6.07, 6.45) is 7.99. The van der Waals surface area contributed by atoms with E-state index in [2.05, 4.69) is 20.4 Å². The zero-order chi connectivity index (χ0) is 11.5. The van der Waals surface area contributed by atoms with Gasteiger partial charge in [0.2, 0.25) is 6.39 Å². The van der Waals surface area contributed by atoms with Gasteiger partial charge in [0.05, 0.1) is 6.54 Å². The predicted octanol–water partition coefficient (Wildman–Crippen LogP) is 1.18. The highest BCUT2D eigenvalue weighted by Crippen LogP contribution is 2.25. The molecule has 17 heavy (non-hydrogen) atoms. The fourth-order valence-corrected chi connectivity index (χ4v) is 3.15. The average molecular weight is 236 g/mol. The molecule has 0 spiro atoms. The van der Waals surface area contributed by atoms with E-state index in [1.807, 2.05) is 0 Å². The van der Waals surface area contributed by atoms with Gasteiger partial charge < -0.3 is 9.84 Å². The Hall–Kier alpha value is -0.940. The molecule has 2 unspecified atom stereocenters. The molecule has 0 amide bonds. The fraction of sp³-hybridized carbons (Fsp3) is 0.833. The zero-order valence-corrected chi connectivity index (χ0v) is 10.1. The molecule has 3 rings (SSSR count). The van der Waals surface area contributed by atoms with Gasteiger partial charge in [-0.2, -0.15) is 4.98 Å². The van der Waals surface area contributed by atoms with E-state index in [1.165, 1.54) is 45.0 Å². The molecular weight excluding hydrogens is 216 g/mol. The number of likely N-dealkylation sites (tertiary alicyclic amines) is 1. The van der Waals surface area contributed by atoms with Crippen molar-refractivity contribution in [2.24, 2.45) is 0 Å². The number of nitrogens with zero attached hydrogens (tertiary/aromatic N) is 3. The molecule has 5 heteroatoms. The van der Waals surface area contributed by atoms with Crippen LogP contribution >= 0.6 is 0 Å². The van der Waals surface area contributed by atoms with Gasteiger partial charge in [-0.1, -0.05) is 11.6 Å². The summed E-state index contributed by atoms with van der Waals surface area (Å²) in [6, 6.07) is 1.33. The Bertz CT molecular complexity index is 334. The Morgan fingerprint density at radius 1 is 1.35 bits per heavy atom. The second-order valence-electron chi connectivity index (χ2n) is 5.08. The molecule has 2 aliphatic rings. The quantitative estimate of drug-likeness (QED) is 0.854. The smallest absolute Gasteiger partial charge is 0.213 e. The first kappa shape index (κ1) is 11.2. The highest BCUT2D eigenvalue weighted by molar-refractivity contribution is 4.92. The summed E-state index contributed by atoms with van der Waals surface area (Å²) < 4.78 is 4.81. The van der Waals surface area contributed by atoms with Crippen LogP contribution in [-0.2, 0) is 6.54 Å². The van der Waals surface area contributed by atoms with Crippen molar-refractivity contribution in [2.45, 2.75) is 50.7 Å². The van der Waals surface area contributed by atoms with Crippen LogP contribution in [0.1, 0.15) is 37.9 Å². The van der Waals surface area contributed by atoms with Crippen LogP contribution in [-0.4, -0.2) is 40.2 Å². The minimum atomic E-state index is 0.657. The number of hydrogen-bond donors (Lipinski definition) is 1. The van der Waals surface area contributed by atoms with Gasteiger partial charge in [-0.05, 0) is 38.8 Å². The Morgan fingerprint density at radius 2 is 2.35 bits per heavy atom. The maximum atomic E-state index is 4.81. The SMILES string of the molecule is c1nc(CN2CCCCC2C2CCCN2)no1. The monoisotopic (exact) mass is 236 g/mol. The molecule has 2 saturated heterocycles. The summed E-state index contributed by atoms with van der Waals surface area (Å²) in [5.74, 6) is 0.815. The van der Waals surface area contributed by atoms with E-state index in [1.54, 1.807) is 0 Å². The third-order valence-corrected chi connectivity index (χ3v) is 3.98. The van der Waals surface area contributed by atoms with Crippen LogP contribution < -0.4 is 5.32 Å². The first-order chi connectivity index (χ1) is 8.43. The Balaban J connectivity index is 1.66. The summed E-state index contributed by atoms with van der Waals surface area (Å²) in [6.45, 7) is 3.17. The highest BCUT2D eigenvalue weighted by Gasteiger charge is 2.31. The Kier molecular flexibility index (Phi) is 3.38. The van der Waals surface area contributed by atoms with Crippen LogP contribution in [0.5, 0.6) is 0 Å². The molecule has 94 valence electrons. The molecule has 2 aliphatic heterocycles. The lowest BCUT2D eigenvalue weighted by Crippen LogP contribution is -2.49. The molecule has 0 bridgehead atoms. The van der Waals surface area contributed by atoms with Crippen molar-refractivity contribution >= 4 is 0 Å². The minimum Gasteiger partial charge on any atom is -0.343 e. The molecule has 1 N–H and O–H groups in total. The number of piperidine rings is 1. The zero-order valence-electron chi connectivity index (χ0n) is 10.1. The van der Waals surface area contributed by atoms with Gasteiger partial charge >= 0.3 is 0 Å². The third kappa shape index (κ3) is 2.50. The maximum absolute atomic E-state index is 4.81. The van der Waals surface area contributed by atoms with E-state index in [0.29, 0.717) is 12.1 Å². The number of rotatable bonds is 3. The van der Waals surface area contributed by atoms with Gasteiger partial charge in [0.1, 0.15) is 0 Å². The van der Waals surface area contributed by atoms with Crippen LogP contribution in [0, 0.1) is 0 Å². The molecule has 2 fully saturated rings. The lowest BCUT2D eigenvalue weighted by molar-refractivity contribution is 0.108. The van der Waals surface area contributed by atoms with E-state index in [-0.39, 0.29) is 0 Å². The lowest BCUT2D eigenvalue weighted by atomic mass is 9.94. The van der Waals surface area contributed by atoms with Gasteiger partial charge in [-0.25, -0.2) is 0 Å². The Morgan fingerprint density at radius 3 is 3.12 bits per heavy atom. The Labute approximate surface area is 102 Å². The van der Waals surface area contributed by atoms with Crippen molar-refractivity contribution < 1.29 is 4.52 Å². The van der Waals surface area contributed by atoms with E-state index in [4.69, 9.17) is 4.52 Å². The van der Waals surface area contributed by atoms with Crippen molar-refractivity contribution in [3.05, 3.63) is 12.2 Å². The predicted molar refractivity (Wildman–Crippen MR) is 63.4 cm³/mol. The lowest BCUT2D eigenvalue weighted by Gasteiger charge is -2.38. The second kappa shape index (κ2) is 5.14. The third-order valence-electron chi connectivity index (χ3n) is 3.98. The molecule has 1 aromatic heterocycles. The maximum Gasteiger partial charge on any atom is 0.213 e. The highest BCUT2D eigenvalue weighted by atomic mass is 16.5. The molecule has 0 aromatic carbocycles. The number of aromatic nitrogens is 2. The number of hydrogen-bond acceptors (Lipinski definition) is 5. The summed E-state index contributed by atoms with van der Waals surface area (Å²) >= 11 is 0. The molecule has 3 heterocycles. The van der Waals surface area contributed by atoms with Crippen molar-refractivity contribution in [1.29, 1.82) is 0 Å². The second-order valence-corrected chi connectivity index (χ2v) is 5.08. The average Bonchev–Trinajstić information content (AvgIpc) is 3.01. The van der Waals surface area contributed by atoms with Gasteiger partial charge in [0.15, 0.2) is 5.82 Å². The molecule has 1 aromatic rings. The molecule has 2 atom stereocenters. The summed E-state index contributed by atoms with van der Waals surface area (Å²) in [5, 5.41) is 7.55. The van der Waals surface area contributed by atoms with Crippen LogP contribution in [0.3, 0.4) is 0 Å². The molecule has 0 saturated carbocycles. The van der Waals surface area contributed by atoms with Crippen LogP contribution in [0.4, 0.5) is 0 Å². The van der Waals surface area contributed by atoms with Crippen molar-refractivity contribution in [1.82, 2.24) is 20.4 Å². The largest absolute Gasteiger partial charge is 0.343 e. The first-order valence-electron chi connectivity index (χ1n) is 6.66. The summed E-state index contributed by atoms with van der Waals surface area (Å²) in [5.41, 5.74) is 0. The molecular formula is C12H20N4O. The van der Waals surface area contributed by atoms with E-state index >= 15 is 0 Å². The van der Waals surface area contributed by atoms with Gasteiger partial charge in [0.25, 0.3) is 0 Å². The van der Waals surface area contributed by atoms with E-state index in [9.17, 15) is 0 Å². The summed E-state index contributed by atoms with van der Waals surface area (Å²) in [4.78, 5) is 6.66. The first-order valence-corrected chi connectivity index (χ1v) is 6.66. The number of nitrogens with one attached hydrogen (secondary N) is 1. The van der Waals surface area contributed by atoms with Crippen LogP contribution in [0.15, 0.2) is 10.9 Å². The standard InChI is InChI=1S/C12H20N4O/c1-2-7-16(8-12-14-9-17-15-12)11(5-1)10-4-3-6-13-10/h9-11,13H,1-8H2. The molecule has 5 nitrogen and oxygen atoms in total. The van der Waals surface area contributed by atoms with Crippen molar-refractivity contribution in [2.75, 3.05) is 13.1 Å². The van der Waals surface area contributed by atoms with E-state index < -0.39 is 0 Å². The normalized spacial score (nSPS) is 30.8. The van der Waals surface area contributed by atoms with Gasteiger partial charge in [-0.3, -0.25) is 4.90 Å².